The highest BCUT2D eigenvalue weighted by Crippen LogP contribution is 2.34. The Morgan fingerprint density at radius 2 is 1.87 bits per heavy atom. The van der Waals surface area contributed by atoms with Crippen LogP contribution in [0.1, 0.15) is 37.4 Å². The van der Waals surface area contributed by atoms with E-state index in [1.807, 2.05) is 37.3 Å². The first kappa shape index (κ1) is 28.3. The van der Waals surface area contributed by atoms with Crippen LogP contribution in [0.15, 0.2) is 68.0 Å². The lowest BCUT2D eigenvalue weighted by atomic mass is 9.95. The number of aromatic nitrogens is 1. The first-order valence-corrected chi connectivity index (χ1v) is 13.8. The van der Waals surface area contributed by atoms with E-state index in [-0.39, 0.29) is 18.8 Å². The van der Waals surface area contributed by atoms with Crippen LogP contribution in [0.4, 0.5) is 0 Å². The van der Waals surface area contributed by atoms with E-state index >= 15 is 0 Å². The molecule has 0 amide bonds. The zero-order valence-electron chi connectivity index (χ0n) is 21.9. The molecule has 2 heterocycles. The monoisotopic (exact) mass is 614 g/mol. The third-order valence-electron chi connectivity index (χ3n) is 5.99. The van der Waals surface area contributed by atoms with E-state index in [1.54, 1.807) is 29.7 Å². The van der Waals surface area contributed by atoms with Gasteiger partial charge in [-0.25, -0.2) is 14.6 Å². The highest BCUT2D eigenvalue weighted by atomic mass is 79.9. The molecule has 0 unspecified atom stereocenters. The van der Waals surface area contributed by atoms with Gasteiger partial charge in [0, 0.05) is 4.47 Å². The topological polar surface area (TPSA) is 105 Å². The largest absolute Gasteiger partial charge is 0.493 e. The standard InChI is InChI=1S/C28H27BrN2O7S/c1-5-19-24(27(34)36-4)25(16-10-8-7-9-11-16)31-26(33)22(39-28(31)30-19)13-17-12-20(35-3)21(14-18(17)29)38-15-23(32)37-6-2/h7-14,25H,5-6,15H2,1-4H3/b22-13-/t25-/m0/s1. The van der Waals surface area contributed by atoms with Crippen molar-refractivity contribution in [3.8, 4) is 11.5 Å². The van der Waals surface area contributed by atoms with Crippen molar-refractivity contribution in [1.82, 2.24) is 4.57 Å². The number of hydrogen-bond acceptors (Lipinski definition) is 9. The molecule has 0 saturated carbocycles. The summed E-state index contributed by atoms with van der Waals surface area (Å²) in [6, 6.07) is 12.0. The number of rotatable bonds is 9. The van der Waals surface area contributed by atoms with Crippen LogP contribution in [-0.2, 0) is 19.1 Å². The Kier molecular flexibility index (Phi) is 9.03. The number of benzene rings is 2. The molecule has 0 saturated heterocycles. The second kappa shape index (κ2) is 12.4. The highest BCUT2D eigenvalue weighted by Gasteiger charge is 2.33. The number of carbonyl (C=O) groups excluding carboxylic acids is 2. The molecular formula is C28H27BrN2O7S. The first-order chi connectivity index (χ1) is 18.8. The van der Waals surface area contributed by atoms with Crippen molar-refractivity contribution in [2.75, 3.05) is 27.4 Å². The number of fused-ring (bicyclic) bond motifs is 1. The molecule has 204 valence electrons. The number of esters is 2. The van der Waals surface area contributed by atoms with E-state index in [9.17, 15) is 14.4 Å². The van der Waals surface area contributed by atoms with Gasteiger partial charge in [0.05, 0.1) is 42.7 Å². The van der Waals surface area contributed by atoms with Gasteiger partial charge in [0.15, 0.2) is 22.9 Å². The number of hydrogen-bond donors (Lipinski definition) is 0. The zero-order valence-corrected chi connectivity index (χ0v) is 24.3. The molecule has 0 fully saturated rings. The molecule has 0 radical (unpaired) electrons. The summed E-state index contributed by atoms with van der Waals surface area (Å²) in [7, 11) is 2.80. The fourth-order valence-electron chi connectivity index (χ4n) is 4.23. The fraction of sp³-hybridized carbons (Fsp3) is 0.286. The Morgan fingerprint density at radius 1 is 1.13 bits per heavy atom. The number of nitrogens with zero attached hydrogens (tertiary/aromatic N) is 2. The number of thiazole rings is 1. The molecule has 39 heavy (non-hydrogen) atoms. The predicted octanol–water partition coefficient (Wildman–Crippen LogP) is 3.51. The summed E-state index contributed by atoms with van der Waals surface area (Å²) in [6.07, 6.45) is 2.22. The second-order valence-corrected chi connectivity index (χ2v) is 10.2. The molecule has 4 rings (SSSR count). The number of carbonyl (C=O) groups is 2. The van der Waals surface area contributed by atoms with E-state index in [4.69, 9.17) is 18.9 Å². The maximum atomic E-state index is 13.8. The zero-order chi connectivity index (χ0) is 28.1. The van der Waals surface area contributed by atoms with Crippen LogP contribution >= 0.6 is 27.3 Å². The molecule has 0 bridgehead atoms. The quantitative estimate of drug-likeness (QED) is 0.340. The summed E-state index contributed by atoms with van der Waals surface area (Å²) in [6.45, 7) is 3.62. The van der Waals surface area contributed by atoms with Crippen molar-refractivity contribution >= 4 is 45.3 Å². The average Bonchev–Trinajstić information content (AvgIpc) is 3.26. The summed E-state index contributed by atoms with van der Waals surface area (Å²) in [4.78, 5) is 43.6. The van der Waals surface area contributed by atoms with Gasteiger partial charge >= 0.3 is 11.9 Å². The fourth-order valence-corrected chi connectivity index (χ4v) is 5.68. The van der Waals surface area contributed by atoms with Crippen LogP contribution in [0.25, 0.3) is 6.08 Å². The first-order valence-electron chi connectivity index (χ1n) is 12.2. The average molecular weight is 616 g/mol. The number of ether oxygens (including phenoxy) is 4. The van der Waals surface area contributed by atoms with Crippen LogP contribution < -0.4 is 24.4 Å². The lowest BCUT2D eigenvalue weighted by molar-refractivity contribution is -0.145. The normalized spacial score (nSPS) is 14.9. The molecule has 0 N–H and O–H groups in total. The van der Waals surface area contributed by atoms with E-state index < -0.39 is 18.0 Å². The third-order valence-corrected chi connectivity index (χ3v) is 7.66. The van der Waals surface area contributed by atoms with Gasteiger partial charge in [0.1, 0.15) is 0 Å². The lowest BCUT2D eigenvalue weighted by Gasteiger charge is -2.25. The highest BCUT2D eigenvalue weighted by molar-refractivity contribution is 9.10. The van der Waals surface area contributed by atoms with Crippen molar-refractivity contribution in [2.24, 2.45) is 4.99 Å². The van der Waals surface area contributed by atoms with Gasteiger partial charge in [-0.1, -0.05) is 64.5 Å². The van der Waals surface area contributed by atoms with Crippen molar-refractivity contribution in [1.29, 1.82) is 0 Å². The number of halogens is 1. The summed E-state index contributed by atoms with van der Waals surface area (Å²) >= 11 is 4.76. The molecule has 1 aliphatic rings. The van der Waals surface area contributed by atoms with Gasteiger partial charge in [-0.15, -0.1) is 0 Å². The lowest BCUT2D eigenvalue weighted by Crippen LogP contribution is -2.40. The molecule has 9 nitrogen and oxygen atoms in total. The molecule has 1 aromatic heterocycles. The minimum absolute atomic E-state index is 0.255. The van der Waals surface area contributed by atoms with Crippen molar-refractivity contribution in [2.45, 2.75) is 26.3 Å². The molecule has 3 aromatic rings. The maximum absolute atomic E-state index is 13.8. The SMILES string of the molecule is CCOC(=O)COc1cc(Br)c(/C=c2\sc3n(c2=O)[C@@H](c2ccccc2)C(C(=O)OC)=C(CC)N=3)cc1OC. The molecule has 11 heteroatoms. The third kappa shape index (κ3) is 5.84. The summed E-state index contributed by atoms with van der Waals surface area (Å²) in [5, 5.41) is 0. The Morgan fingerprint density at radius 3 is 2.51 bits per heavy atom. The Labute approximate surface area is 237 Å². The molecule has 1 aliphatic heterocycles. The number of allylic oxidation sites excluding steroid dienone is 1. The van der Waals surface area contributed by atoms with Gasteiger partial charge in [0.25, 0.3) is 5.56 Å². The smallest absolute Gasteiger partial charge is 0.344 e. The Hall–Kier alpha value is -3.70. The van der Waals surface area contributed by atoms with E-state index in [1.165, 1.54) is 25.6 Å². The van der Waals surface area contributed by atoms with Gasteiger partial charge in [0.2, 0.25) is 0 Å². The Balaban J connectivity index is 1.84. The van der Waals surface area contributed by atoms with Crippen molar-refractivity contribution in [3.63, 3.8) is 0 Å². The van der Waals surface area contributed by atoms with Gasteiger partial charge in [-0.05, 0) is 42.7 Å². The minimum Gasteiger partial charge on any atom is -0.493 e. The summed E-state index contributed by atoms with van der Waals surface area (Å²) in [5.41, 5.74) is 2.06. The van der Waals surface area contributed by atoms with Gasteiger partial charge < -0.3 is 18.9 Å². The molecule has 0 aliphatic carbocycles. The van der Waals surface area contributed by atoms with E-state index in [0.717, 1.165) is 5.56 Å². The summed E-state index contributed by atoms with van der Waals surface area (Å²) < 4.78 is 23.6. The van der Waals surface area contributed by atoms with Crippen molar-refractivity contribution < 1.29 is 28.5 Å². The molecular weight excluding hydrogens is 588 g/mol. The maximum Gasteiger partial charge on any atom is 0.344 e. The minimum atomic E-state index is -0.677. The number of methoxy groups -OCH3 is 2. The van der Waals surface area contributed by atoms with Gasteiger partial charge in [-0.3, -0.25) is 9.36 Å². The van der Waals surface area contributed by atoms with E-state index in [0.29, 0.717) is 48.6 Å². The summed E-state index contributed by atoms with van der Waals surface area (Å²) in [5.74, 6) is -0.295. The van der Waals surface area contributed by atoms with Crippen LogP contribution in [0, 0.1) is 0 Å². The molecule has 2 aromatic carbocycles. The second-order valence-electron chi connectivity index (χ2n) is 8.32. The van der Waals surface area contributed by atoms with Crippen LogP contribution in [-0.4, -0.2) is 43.9 Å². The molecule has 1 atom stereocenters. The van der Waals surface area contributed by atoms with Gasteiger partial charge in [-0.2, -0.15) is 0 Å². The van der Waals surface area contributed by atoms with Crippen LogP contribution in [0.5, 0.6) is 11.5 Å². The predicted molar refractivity (Wildman–Crippen MR) is 150 cm³/mol. The van der Waals surface area contributed by atoms with Crippen molar-refractivity contribution in [3.05, 3.63) is 89.0 Å². The van der Waals surface area contributed by atoms with Crippen LogP contribution in [0.3, 0.4) is 0 Å². The molecule has 0 spiro atoms. The Bertz CT molecular complexity index is 1610. The van der Waals surface area contributed by atoms with Crippen LogP contribution in [0.2, 0.25) is 0 Å². The van der Waals surface area contributed by atoms with E-state index in [2.05, 4.69) is 20.9 Å².